The Morgan fingerprint density at radius 1 is 0.963 bits per heavy atom. The molecule has 0 atom stereocenters. The minimum Gasteiger partial charge on any atom is -0.402 e. The van der Waals surface area contributed by atoms with E-state index in [4.69, 9.17) is 4.74 Å². The zero-order valence-electron chi connectivity index (χ0n) is 15.6. The van der Waals surface area contributed by atoms with Crippen molar-refractivity contribution in [2.45, 2.75) is 26.2 Å². The molecule has 4 rings (SSSR count). The number of benzene rings is 2. The molecule has 0 unspecified atom stereocenters. The van der Waals surface area contributed by atoms with Crippen LogP contribution in [0.15, 0.2) is 71.5 Å². The van der Waals surface area contributed by atoms with Crippen LogP contribution in [-0.2, 0) is 14.9 Å². The lowest BCUT2D eigenvalue weighted by Crippen LogP contribution is -2.11. The molecule has 4 nitrogen and oxygen atoms in total. The van der Waals surface area contributed by atoms with Gasteiger partial charge in [-0.15, -0.1) is 0 Å². The number of hydrogen-bond donors (Lipinski definition) is 0. The number of para-hydroxylation sites is 1. The van der Waals surface area contributed by atoms with Gasteiger partial charge in [0.15, 0.2) is 5.70 Å². The number of carbonyl (C=O) groups is 1. The summed E-state index contributed by atoms with van der Waals surface area (Å²) in [6.45, 7) is 6.49. The molecule has 0 radical (unpaired) electrons. The van der Waals surface area contributed by atoms with Crippen molar-refractivity contribution in [3.8, 4) is 0 Å². The second kappa shape index (κ2) is 6.47. The molecule has 0 amide bonds. The summed E-state index contributed by atoms with van der Waals surface area (Å²) >= 11 is 0. The molecule has 0 saturated heterocycles. The summed E-state index contributed by atoms with van der Waals surface area (Å²) in [6.07, 6.45) is 3.48. The van der Waals surface area contributed by atoms with Gasteiger partial charge in [0.1, 0.15) is 0 Å². The summed E-state index contributed by atoms with van der Waals surface area (Å²) in [4.78, 5) is 21.1. The molecular weight excluding hydrogens is 336 g/mol. The van der Waals surface area contributed by atoms with E-state index in [1.807, 2.05) is 54.6 Å². The van der Waals surface area contributed by atoms with E-state index in [0.717, 1.165) is 22.0 Å². The number of esters is 1. The van der Waals surface area contributed by atoms with Gasteiger partial charge < -0.3 is 4.74 Å². The first-order chi connectivity index (χ1) is 12.9. The number of aromatic nitrogens is 1. The predicted molar refractivity (Wildman–Crippen MR) is 107 cm³/mol. The van der Waals surface area contributed by atoms with Crippen LogP contribution in [0, 0.1) is 0 Å². The molecule has 0 aliphatic carbocycles. The highest BCUT2D eigenvalue weighted by atomic mass is 16.6. The predicted octanol–water partition coefficient (Wildman–Crippen LogP) is 4.88. The molecule has 1 aliphatic rings. The topological polar surface area (TPSA) is 51.5 Å². The van der Waals surface area contributed by atoms with E-state index >= 15 is 0 Å². The Hall–Kier alpha value is -3.27. The first-order valence-electron chi connectivity index (χ1n) is 8.89. The maximum Gasteiger partial charge on any atom is 0.363 e. The molecule has 4 heteroatoms. The van der Waals surface area contributed by atoms with Crippen molar-refractivity contribution in [3.05, 3.63) is 83.2 Å². The lowest BCUT2D eigenvalue weighted by molar-refractivity contribution is -0.129. The Labute approximate surface area is 158 Å². The molecule has 2 aromatic carbocycles. The molecular formula is C23H20N2O2. The first-order valence-corrected chi connectivity index (χ1v) is 8.89. The van der Waals surface area contributed by atoms with Crippen LogP contribution in [0.25, 0.3) is 17.0 Å². The van der Waals surface area contributed by atoms with E-state index in [1.54, 1.807) is 12.3 Å². The summed E-state index contributed by atoms with van der Waals surface area (Å²) < 4.78 is 5.40. The molecule has 3 aromatic rings. The highest BCUT2D eigenvalue weighted by molar-refractivity contribution is 6.13. The van der Waals surface area contributed by atoms with E-state index in [9.17, 15) is 4.79 Å². The van der Waals surface area contributed by atoms with E-state index in [0.29, 0.717) is 11.6 Å². The van der Waals surface area contributed by atoms with Gasteiger partial charge in [0, 0.05) is 17.1 Å². The molecule has 0 saturated carbocycles. The van der Waals surface area contributed by atoms with Crippen LogP contribution in [0.3, 0.4) is 0 Å². The lowest BCUT2D eigenvalue weighted by Gasteiger charge is -2.18. The minimum absolute atomic E-state index is 0.0696. The fourth-order valence-electron chi connectivity index (χ4n) is 3.04. The number of ether oxygens (including phenoxy) is 1. The number of carbonyl (C=O) groups excluding carboxylic acids is 1. The molecule has 0 N–H and O–H groups in total. The van der Waals surface area contributed by atoms with Crippen molar-refractivity contribution in [2.24, 2.45) is 4.99 Å². The molecule has 2 heterocycles. The van der Waals surface area contributed by atoms with Gasteiger partial charge in [-0.2, -0.15) is 0 Å². The van der Waals surface area contributed by atoms with Crippen molar-refractivity contribution < 1.29 is 9.53 Å². The number of hydrogen-bond acceptors (Lipinski definition) is 4. The normalized spacial score (nSPS) is 15.9. The highest BCUT2D eigenvalue weighted by Crippen LogP contribution is 2.25. The second-order valence-electron chi connectivity index (χ2n) is 7.58. The summed E-state index contributed by atoms with van der Waals surface area (Å²) in [7, 11) is 0. The maximum absolute atomic E-state index is 12.3. The number of cyclic esters (lactones) is 1. The Bertz CT molecular complexity index is 1080. The van der Waals surface area contributed by atoms with Crippen molar-refractivity contribution >= 4 is 28.8 Å². The van der Waals surface area contributed by atoms with Crippen molar-refractivity contribution in [1.82, 2.24) is 4.98 Å². The fraction of sp³-hybridized carbons (Fsp3) is 0.174. The smallest absolute Gasteiger partial charge is 0.363 e. The number of rotatable bonds is 2. The van der Waals surface area contributed by atoms with Crippen LogP contribution in [0.1, 0.15) is 37.5 Å². The average Bonchev–Trinajstić information content (AvgIpc) is 3.02. The SMILES string of the molecule is CC(C)(C)c1ccc(C2=N/C(=C/c3ccnc4ccccc34)C(=O)O2)cc1. The zero-order chi connectivity index (χ0) is 19.0. The van der Waals surface area contributed by atoms with Crippen LogP contribution in [0.4, 0.5) is 0 Å². The van der Waals surface area contributed by atoms with E-state index in [2.05, 4.69) is 30.7 Å². The summed E-state index contributed by atoms with van der Waals surface area (Å²) in [5, 5.41) is 0.971. The van der Waals surface area contributed by atoms with Gasteiger partial charge in [-0.1, -0.05) is 51.1 Å². The molecule has 27 heavy (non-hydrogen) atoms. The minimum atomic E-state index is -0.439. The number of pyridine rings is 1. The van der Waals surface area contributed by atoms with Gasteiger partial charge >= 0.3 is 5.97 Å². The average molecular weight is 356 g/mol. The third-order valence-electron chi connectivity index (χ3n) is 4.59. The Balaban J connectivity index is 1.70. The van der Waals surface area contributed by atoms with Gasteiger partial charge in [-0.05, 0) is 46.9 Å². The summed E-state index contributed by atoms with van der Waals surface area (Å²) in [6, 6.07) is 17.6. The van der Waals surface area contributed by atoms with Crippen LogP contribution in [0.5, 0.6) is 0 Å². The van der Waals surface area contributed by atoms with Crippen molar-refractivity contribution in [2.75, 3.05) is 0 Å². The quantitative estimate of drug-likeness (QED) is 0.486. The van der Waals surface area contributed by atoms with Gasteiger partial charge in [-0.25, -0.2) is 9.79 Å². The second-order valence-corrected chi connectivity index (χ2v) is 7.58. The Morgan fingerprint density at radius 3 is 2.44 bits per heavy atom. The lowest BCUT2D eigenvalue weighted by atomic mass is 9.87. The molecule has 1 aliphatic heterocycles. The van der Waals surface area contributed by atoms with Crippen LogP contribution >= 0.6 is 0 Å². The van der Waals surface area contributed by atoms with Crippen molar-refractivity contribution in [3.63, 3.8) is 0 Å². The molecule has 134 valence electrons. The van der Waals surface area contributed by atoms with E-state index < -0.39 is 5.97 Å². The number of fused-ring (bicyclic) bond motifs is 1. The highest BCUT2D eigenvalue weighted by Gasteiger charge is 2.25. The monoisotopic (exact) mass is 356 g/mol. The maximum atomic E-state index is 12.3. The largest absolute Gasteiger partial charge is 0.402 e. The van der Waals surface area contributed by atoms with Gasteiger partial charge in [0.05, 0.1) is 5.52 Å². The van der Waals surface area contributed by atoms with Crippen LogP contribution in [-0.4, -0.2) is 16.9 Å². The standard InChI is InChI=1S/C23H20N2O2/c1-23(2,3)17-10-8-15(9-11-17)21-25-20(22(26)27-21)14-16-12-13-24-19-7-5-4-6-18(16)19/h4-14H,1-3H3/b20-14+. The van der Waals surface area contributed by atoms with Crippen LogP contribution in [0.2, 0.25) is 0 Å². The van der Waals surface area contributed by atoms with Gasteiger partial charge in [0.25, 0.3) is 0 Å². The molecule has 0 bridgehead atoms. The summed E-state index contributed by atoms with van der Waals surface area (Å²) in [5.74, 6) is -0.101. The van der Waals surface area contributed by atoms with E-state index in [1.165, 1.54) is 5.56 Å². The third-order valence-corrected chi connectivity index (χ3v) is 4.59. The number of aliphatic imine (C=N–C) groups is 1. The first kappa shape index (κ1) is 17.2. The van der Waals surface area contributed by atoms with Gasteiger partial charge in [-0.3, -0.25) is 4.98 Å². The molecule has 0 spiro atoms. The zero-order valence-corrected chi connectivity index (χ0v) is 15.6. The Morgan fingerprint density at radius 2 is 1.70 bits per heavy atom. The molecule has 0 fully saturated rings. The van der Waals surface area contributed by atoms with Gasteiger partial charge in [0.2, 0.25) is 5.90 Å². The van der Waals surface area contributed by atoms with Crippen molar-refractivity contribution in [1.29, 1.82) is 0 Å². The molecule has 1 aromatic heterocycles. The van der Waals surface area contributed by atoms with E-state index in [-0.39, 0.29) is 5.41 Å². The van der Waals surface area contributed by atoms with Crippen LogP contribution < -0.4 is 0 Å². The number of nitrogens with zero attached hydrogens (tertiary/aromatic N) is 2. The Kier molecular flexibility index (Phi) is 4.11. The third kappa shape index (κ3) is 3.38. The summed E-state index contributed by atoms with van der Waals surface area (Å²) in [5.41, 5.74) is 4.14. The fourth-order valence-corrected chi connectivity index (χ4v) is 3.04.